The minimum Gasteiger partial charge on any atom is -0.292 e. The molecule has 0 heterocycles. The van der Waals surface area contributed by atoms with Gasteiger partial charge in [0.1, 0.15) is 7.85 Å². The maximum absolute atomic E-state index is 10.2. The largest absolute Gasteiger partial charge is 0.292 e. The number of carbonyl (C=O) groups is 2. The van der Waals surface area contributed by atoms with Crippen molar-refractivity contribution < 1.29 is 9.59 Å². The summed E-state index contributed by atoms with van der Waals surface area (Å²) in [5.74, 6) is -0.637. The fourth-order valence-electron chi connectivity index (χ4n) is 0.249. The molecule has 0 spiro atoms. The predicted molar refractivity (Wildman–Crippen MR) is 29.0 cm³/mol. The lowest BCUT2D eigenvalue weighted by atomic mass is 9.99. The average molecular weight is 97.9 g/mol. The van der Waals surface area contributed by atoms with Crippen LogP contribution < -0.4 is 0 Å². The van der Waals surface area contributed by atoms with E-state index in [1.54, 1.807) is 7.85 Å². The van der Waals surface area contributed by atoms with Gasteiger partial charge < -0.3 is 0 Å². The Morgan fingerprint density at radius 2 is 2.00 bits per heavy atom. The Bertz CT molecular complexity index is 97.9. The van der Waals surface area contributed by atoms with Gasteiger partial charge in [-0.15, -0.1) is 0 Å². The van der Waals surface area contributed by atoms with Crippen molar-refractivity contribution >= 4 is 19.4 Å². The Morgan fingerprint density at radius 3 is 2.00 bits per heavy atom. The van der Waals surface area contributed by atoms with Crippen molar-refractivity contribution in [1.29, 1.82) is 0 Å². The lowest BCUT2D eigenvalue weighted by Crippen LogP contribution is -2.06. The van der Waals surface area contributed by atoms with E-state index in [1.807, 2.05) is 0 Å². The van der Waals surface area contributed by atoms with Gasteiger partial charge in [-0.05, 0) is 6.32 Å². The molecule has 0 rings (SSSR count). The van der Waals surface area contributed by atoms with Crippen molar-refractivity contribution in [2.75, 3.05) is 0 Å². The molecule has 38 valence electrons. The van der Waals surface area contributed by atoms with Gasteiger partial charge in [0, 0.05) is 6.92 Å². The number of carbonyl (C=O) groups excluding carboxylic acids is 2. The number of ketones is 2. The van der Waals surface area contributed by atoms with E-state index in [9.17, 15) is 9.59 Å². The maximum atomic E-state index is 10.2. The molecule has 0 amide bonds. The van der Waals surface area contributed by atoms with Crippen LogP contribution in [-0.4, -0.2) is 19.4 Å². The first-order valence-electron chi connectivity index (χ1n) is 2.22. The highest BCUT2D eigenvalue weighted by molar-refractivity contribution is 6.44. The minimum atomic E-state index is -0.345. The van der Waals surface area contributed by atoms with E-state index in [0.717, 1.165) is 0 Å². The van der Waals surface area contributed by atoms with Crippen molar-refractivity contribution in [3.8, 4) is 0 Å². The van der Waals surface area contributed by atoms with Gasteiger partial charge in [0.2, 0.25) is 0 Å². The van der Waals surface area contributed by atoms with Crippen molar-refractivity contribution in [3.05, 3.63) is 0 Å². The first kappa shape index (κ1) is 6.40. The lowest BCUT2D eigenvalue weighted by Gasteiger charge is -1.81. The molecule has 0 radical (unpaired) electrons. The summed E-state index contributed by atoms with van der Waals surface area (Å²) in [5.41, 5.74) is 0. The zero-order valence-electron chi connectivity index (χ0n) is 4.52. The van der Waals surface area contributed by atoms with Gasteiger partial charge in [0.15, 0.2) is 11.6 Å². The van der Waals surface area contributed by atoms with Crippen LogP contribution in [0, 0.1) is 0 Å². The summed E-state index contributed by atoms with van der Waals surface area (Å²) >= 11 is 0. The van der Waals surface area contributed by atoms with E-state index >= 15 is 0 Å². The molecule has 0 aromatic rings. The third-order valence-electron chi connectivity index (χ3n) is 0.714. The van der Waals surface area contributed by atoms with Crippen LogP contribution in [0.3, 0.4) is 0 Å². The van der Waals surface area contributed by atoms with E-state index in [2.05, 4.69) is 0 Å². The summed E-state index contributed by atoms with van der Waals surface area (Å²) in [6.07, 6.45) is 0.329. The summed E-state index contributed by atoms with van der Waals surface area (Å²) < 4.78 is 0. The van der Waals surface area contributed by atoms with Gasteiger partial charge in [0.25, 0.3) is 0 Å². The zero-order chi connectivity index (χ0) is 5.86. The smallest absolute Gasteiger partial charge is 0.194 e. The second kappa shape index (κ2) is 2.56. The van der Waals surface area contributed by atoms with E-state index in [1.165, 1.54) is 6.92 Å². The normalized spacial score (nSPS) is 8.14. The van der Waals surface area contributed by atoms with Gasteiger partial charge in [0.05, 0.1) is 0 Å². The second-order valence-electron chi connectivity index (χ2n) is 1.33. The summed E-state index contributed by atoms with van der Waals surface area (Å²) in [5, 5.41) is 0. The molecular formula is C4H7BO2. The first-order valence-corrected chi connectivity index (χ1v) is 2.22. The topological polar surface area (TPSA) is 34.1 Å². The minimum absolute atomic E-state index is 0.292. The third kappa shape index (κ3) is 2.14. The molecule has 2 nitrogen and oxygen atoms in total. The van der Waals surface area contributed by atoms with Crippen LogP contribution in [0.25, 0.3) is 0 Å². The highest BCUT2D eigenvalue weighted by Gasteiger charge is 2.00. The Kier molecular flexibility index (Phi) is 2.34. The van der Waals surface area contributed by atoms with Crippen molar-refractivity contribution in [2.45, 2.75) is 13.2 Å². The third-order valence-corrected chi connectivity index (χ3v) is 0.714. The van der Waals surface area contributed by atoms with Gasteiger partial charge in [-0.2, -0.15) is 0 Å². The second-order valence-corrected chi connectivity index (χ2v) is 1.33. The van der Waals surface area contributed by atoms with Crippen molar-refractivity contribution in [2.24, 2.45) is 0 Å². The quantitative estimate of drug-likeness (QED) is 0.334. The Labute approximate surface area is 43.3 Å². The number of Topliss-reactive ketones (excluding diaryl/α,β-unsaturated/α-hetero) is 2. The van der Waals surface area contributed by atoms with E-state index in [-0.39, 0.29) is 11.6 Å². The molecule has 0 N–H and O–H groups in total. The molecule has 0 aliphatic heterocycles. The van der Waals surface area contributed by atoms with Crippen LogP contribution in [0.1, 0.15) is 6.92 Å². The van der Waals surface area contributed by atoms with Crippen LogP contribution in [-0.2, 0) is 9.59 Å². The van der Waals surface area contributed by atoms with Crippen molar-refractivity contribution in [3.63, 3.8) is 0 Å². The molecule has 0 atom stereocenters. The Morgan fingerprint density at radius 1 is 1.57 bits per heavy atom. The van der Waals surface area contributed by atoms with Gasteiger partial charge in [-0.25, -0.2) is 0 Å². The molecule has 7 heavy (non-hydrogen) atoms. The summed E-state index contributed by atoms with van der Waals surface area (Å²) in [6, 6.07) is 0. The molecule has 0 aromatic heterocycles. The highest BCUT2D eigenvalue weighted by atomic mass is 16.2. The molecule has 3 heteroatoms. The number of hydrogen-bond donors (Lipinski definition) is 0. The molecule has 0 bridgehead atoms. The van der Waals surface area contributed by atoms with E-state index in [0.29, 0.717) is 6.32 Å². The molecule has 0 aliphatic rings. The fourth-order valence-corrected chi connectivity index (χ4v) is 0.249. The summed E-state index contributed by atoms with van der Waals surface area (Å²) in [7, 11) is 1.67. The number of hydrogen-bond acceptors (Lipinski definition) is 2. The monoisotopic (exact) mass is 98.1 g/mol. The average Bonchev–Trinajstić information content (AvgIpc) is 1.65. The number of rotatable bonds is 2. The van der Waals surface area contributed by atoms with Crippen LogP contribution in [0.2, 0.25) is 6.32 Å². The Balaban J connectivity index is 3.58. The molecule has 0 aliphatic carbocycles. The van der Waals surface area contributed by atoms with Gasteiger partial charge in [-0.3, -0.25) is 9.59 Å². The molecule has 0 saturated carbocycles. The zero-order valence-corrected chi connectivity index (χ0v) is 4.52. The van der Waals surface area contributed by atoms with Crippen LogP contribution in [0.4, 0.5) is 0 Å². The van der Waals surface area contributed by atoms with Crippen LogP contribution in [0.5, 0.6) is 0 Å². The maximum Gasteiger partial charge on any atom is 0.194 e. The van der Waals surface area contributed by atoms with Crippen LogP contribution >= 0.6 is 0 Å². The first-order chi connectivity index (χ1) is 3.18. The molecular weight excluding hydrogens is 90.9 g/mol. The molecule has 0 fully saturated rings. The SMILES string of the molecule is BCC(=O)C(C)=O. The van der Waals surface area contributed by atoms with Crippen molar-refractivity contribution in [1.82, 2.24) is 0 Å². The van der Waals surface area contributed by atoms with Crippen LogP contribution in [0.15, 0.2) is 0 Å². The molecule has 0 unspecified atom stereocenters. The van der Waals surface area contributed by atoms with E-state index < -0.39 is 0 Å². The van der Waals surface area contributed by atoms with E-state index in [4.69, 9.17) is 0 Å². The summed E-state index contributed by atoms with van der Waals surface area (Å²) in [4.78, 5) is 20.2. The Hall–Kier alpha value is -0.595. The molecule has 0 saturated heterocycles. The fraction of sp³-hybridized carbons (Fsp3) is 0.500. The molecule has 0 aromatic carbocycles. The van der Waals surface area contributed by atoms with Gasteiger partial charge in [-0.1, -0.05) is 0 Å². The highest BCUT2D eigenvalue weighted by Crippen LogP contribution is 1.77. The predicted octanol–water partition coefficient (Wildman–Crippen LogP) is -0.804. The standard InChI is InChI=1S/C4H7BO2/c1-3(6)4(7)2-5/h2,5H2,1H3. The van der Waals surface area contributed by atoms with Gasteiger partial charge >= 0.3 is 0 Å². The summed E-state index contributed by atoms with van der Waals surface area (Å²) in [6.45, 7) is 1.28. The lowest BCUT2D eigenvalue weighted by molar-refractivity contribution is -0.133.